The number of anilines is 2. The van der Waals surface area contributed by atoms with Gasteiger partial charge in [-0.25, -0.2) is 9.97 Å². The van der Waals surface area contributed by atoms with Crippen LogP contribution in [0.5, 0.6) is 0 Å². The number of carbonyl (C=O) groups is 1. The van der Waals surface area contributed by atoms with E-state index in [9.17, 15) is 4.79 Å². The lowest BCUT2D eigenvalue weighted by Gasteiger charge is -1.91. The first kappa shape index (κ1) is 23.2. The minimum Gasteiger partial charge on any atom is -0.383 e. The molecule has 21 heavy (non-hydrogen) atoms. The second-order valence-corrected chi connectivity index (χ2v) is 6.96. The molecule has 0 aromatic carbocycles. The molecule has 0 atom stereocenters. The van der Waals surface area contributed by atoms with Gasteiger partial charge >= 0.3 is 0 Å². The molecule has 0 aliphatic heterocycles. The lowest BCUT2D eigenvalue weighted by atomic mass is 10.6. The maximum atomic E-state index is 10.5. The van der Waals surface area contributed by atoms with Crippen LogP contribution in [0.1, 0.15) is 29.5 Å². The van der Waals surface area contributed by atoms with Crippen molar-refractivity contribution in [1.82, 2.24) is 9.97 Å². The number of nitrogens with one attached hydrogen (secondary N) is 1. The molecule has 0 aliphatic carbocycles. The Morgan fingerprint density at radius 1 is 1.33 bits per heavy atom. The molecule has 0 radical (unpaired) electrons. The van der Waals surface area contributed by atoms with Gasteiger partial charge in [-0.1, -0.05) is 21.3 Å². The van der Waals surface area contributed by atoms with E-state index in [-0.39, 0.29) is 30.3 Å². The van der Waals surface area contributed by atoms with E-state index < -0.39 is 0 Å². The highest BCUT2D eigenvalue weighted by Crippen LogP contribution is 2.19. The third kappa shape index (κ3) is 13.4. The fourth-order valence-electron chi connectivity index (χ4n) is 0.753. The number of aromatic nitrogens is 2. The van der Waals surface area contributed by atoms with Gasteiger partial charge in [0.25, 0.3) is 0 Å². The van der Waals surface area contributed by atoms with Crippen LogP contribution in [-0.2, 0) is 4.79 Å². The van der Waals surface area contributed by atoms with Crippen molar-refractivity contribution in [3.63, 3.8) is 0 Å². The van der Waals surface area contributed by atoms with Crippen LogP contribution < -0.4 is 11.1 Å². The average Bonchev–Trinajstić information content (AvgIpc) is 2.89. The Bertz CT molecular complexity index is 508. The standard InChI is InChI=1S/C5H5BrN2OS.C3H3BrN2S.C2H6.CH4.BrH/c1-3(9)7-4-2-10-5(6)8-4;4-3-6-2(5)1-7-3;1-2;;/h2H,1H3,(H,7,9);1H,5H2;1-2H3;1H4;1H/i;;1D;;. The maximum absolute atomic E-state index is 10.5. The number of carbonyl (C=O) groups excluding carboxylic acids is 1. The van der Waals surface area contributed by atoms with Crippen LogP contribution >= 0.6 is 71.5 Å². The molecular formula is C11H19Br3N4OS2. The van der Waals surface area contributed by atoms with Crippen molar-refractivity contribution in [3.8, 4) is 0 Å². The van der Waals surface area contributed by atoms with Crippen LogP contribution in [0.2, 0.25) is 0 Å². The summed E-state index contributed by atoms with van der Waals surface area (Å²) >= 11 is 9.26. The molecule has 5 nitrogen and oxygen atoms in total. The Hall–Kier alpha value is -0.0300. The second kappa shape index (κ2) is 14.9. The van der Waals surface area contributed by atoms with E-state index >= 15 is 0 Å². The zero-order valence-electron chi connectivity index (χ0n) is 11.7. The fraction of sp³-hybridized carbons (Fsp3) is 0.364. The molecule has 2 aromatic heterocycles. The summed E-state index contributed by atoms with van der Waals surface area (Å²) in [4.78, 5) is 18.2. The SMILES string of the molecule is Br.C.CC(=O)Nc1csc(Br)n1.Nc1csc(Br)n1.[2H]CC. The summed E-state index contributed by atoms with van der Waals surface area (Å²) in [6.45, 7) is 3.74. The van der Waals surface area contributed by atoms with Crippen molar-refractivity contribution in [2.45, 2.75) is 28.2 Å². The van der Waals surface area contributed by atoms with E-state index in [0.717, 1.165) is 7.83 Å². The summed E-state index contributed by atoms with van der Waals surface area (Å²) < 4.78 is 7.82. The minimum atomic E-state index is -0.0993. The van der Waals surface area contributed by atoms with Crippen molar-refractivity contribution in [2.24, 2.45) is 0 Å². The zero-order valence-corrected chi connectivity index (χ0v) is 17.2. The lowest BCUT2D eigenvalue weighted by Crippen LogP contribution is -2.05. The largest absolute Gasteiger partial charge is 0.383 e. The number of hydrogen-bond donors (Lipinski definition) is 2. The summed E-state index contributed by atoms with van der Waals surface area (Å²) in [5, 5.41) is 6.11. The van der Waals surface area contributed by atoms with Crippen LogP contribution in [-0.4, -0.2) is 15.9 Å². The molecule has 0 saturated carbocycles. The van der Waals surface area contributed by atoms with Gasteiger partial charge in [-0.05, 0) is 31.9 Å². The molecular weight excluding hydrogens is 508 g/mol. The van der Waals surface area contributed by atoms with Gasteiger partial charge < -0.3 is 11.1 Å². The summed E-state index contributed by atoms with van der Waals surface area (Å²) in [5.41, 5.74) is 5.25. The van der Waals surface area contributed by atoms with E-state index in [2.05, 4.69) is 47.1 Å². The smallest absolute Gasteiger partial charge is 0.222 e. The minimum absolute atomic E-state index is 0. The molecule has 0 aliphatic rings. The maximum Gasteiger partial charge on any atom is 0.222 e. The first-order valence-electron chi connectivity index (χ1n) is 5.64. The van der Waals surface area contributed by atoms with Crippen molar-refractivity contribution < 1.29 is 6.17 Å². The number of thiazole rings is 2. The van der Waals surface area contributed by atoms with Crippen LogP contribution in [0.25, 0.3) is 0 Å². The summed E-state index contributed by atoms with van der Waals surface area (Å²) in [5.74, 6) is 1.08. The van der Waals surface area contributed by atoms with E-state index in [1.54, 1.807) is 17.7 Å². The highest BCUT2D eigenvalue weighted by atomic mass is 79.9. The molecule has 3 N–H and O–H groups in total. The predicted molar refractivity (Wildman–Crippen MR) is 107 cm³/mol. The molecule has 1 amide bonds. The number of hydrogen-bond acceptors (Lipinski definition) is 6. The van der Waals surface area contributed by atoms with Gasteiger partial charge in [-0.3, -0.25) is 4.79 Å². The normalized spacial score (nSPS) is 8.48. The van der Waals surface area contributed by atoms with Gasteiger partial charge in [0.05, 0.1) is 0 Å². The Morgan fingerprint density at radius 3 is 2.05 bits per heavy atom. The van der Waals surface area contributed by atoms with E-state index in [0.29, 0.717) is 18.5 Å². The van der Waals surface area contributed by atoms with E-state index in [1.165, 1.54) is 29.6 Å². The van der Waals surface area contributed by atoms with Crippen molar-refractivity contribution in [1.29, 1.82) is 0 Å². The van der Waals surface area contributed by atoms with Crippen LogP contribution in [0, 0.1) is 0 Å². The Labute approximate surface area is 162 Å². The molecule has 0 spiro atoms. The van der Waals surface area contributed by atoms with Gasteiger partial charge in [0, 0.05) is 19.1 Å². The predicted octanol–water partition coefficient (Wildman–Crippen LogP) is 5.59. The first-order chi connectivity index (χ1) is 9.38. The number of nitrogen functional groups attached to an aromatic ring is 1. The highest BCUT2D eigenvalue weighted by Gasteiger charge is 1.98. The first-order valence-corrected chi connectivity index (χ1v) is 8.27. The molecule has 0 unspecified atom stereocenters. The number of nitrogens with two attached hydrogens (primary N) is 1. The lowest BCUT2D eigenvalue weighted by molar-refractivity contribution is -0.114. The van der Waals surface area contributed by atoms with E-state index in [4.69, 9.17) is 7.10 Å². The number of amides is 1. The molecule has 0 saturated heterocycles. The third-order valence-electron chi connectivity index (χ3n) is 1.27. The van der Waals surface area contributed by atoms with Crippen molar-refractivity contribution in [3.05, 3.63) is 18.6 Å². The molecule has 0 fully saturated rings. The van der Waals surface area contributed by atoms with Gasteiger partial charge in [0.2, 0.25) is 5.91 Å². The van der Waals surface area contributed by atoms with Crippen molar-refractivity contribution in [2.75, 3.05) is 11.1 Å². The zero-order chi connectivity index (χ0) is 15.5. The Balaban J connectivity index is -0.000000267. The van der Waals surface area contributed by atoms with Gasteiger partial charge in [0.15, 0.2) is 7.83 Å². The fourth-order valence-corrected chi connectivity index (χ4v) is 2.61. The molecule has 2 rings (SSSR count). The number of nitrogens with zero attached hydrogens (tertiary/aromatic N) is 2. The third-order valence-corrected chi connectivity index (χ3v) is 4.02. The van der Waals surface area contributed by atoms with E-state index in [1.807, 2.05) is 0 Å². The number of halogens is 3. The Kier molecular flexibility index (Phi) is 16.5. The molecule has 2 heterocycles. The van der Waals surface area contributed by atoms with Crippen LogP contribution in [0.4, 0.5) is 11.6 Å². The monoisotopic (exact) mass is 525 g/mol. The van der Waals surface area contributed by atoms with Crippen LogP contribution in [0.15, 0.2) is 18.6 Å². The van der Waals surface area contributed by atoms with Crippen molar-refractivity contribution >= 4 is 89.1 Å². The van der Waals surface area contributed by atoms with Gasteiger partial charge in [0.1, 0.15) is 11.6 Å². The highest BCUT2D eigenvalue weighted by molar-refractivity contribution is 9.11. The summed E-state index contributed by atoms with van der Waals surface area (Å²) in [6, 6.07) is 0. The molecule has 10 heteroatoms. The molecule has 122 valence electrons. The summed E-state index contributed by atoms with van der Waals surface area (Å²) in [6.07, 6.45) is 0. The van der Waals surface area contributed by atoms with Gasteiger partial charge in [-0.15, -0.1) is 39.7 Å². The second-order valence-electron chi connectivity index (χ2n) is 2.69. The van der Waals surface area contributed by atoms with Crippen LogP contribution in [0.3, 0.4) is 0 Å². The molecule has 2 aromatic rings. The average molecular weight is 528 g/mol. The molecule has 0 bridgehead atoms. The summed E-state index contributed by atoms with van der Waals surface area (Å²) in [7, 11) is 0. The number of rotatable bonds is 1. The topological polar surface area (TPSA) is 80.9 Å². The Morgan fingerprint density at radius 2 is 1.81 bits per heavy atom. The van der Waals surface area contributed by atoms with Gasteiger partial charge in [-0.2, -0.15) is 0 Å². The quantitative estimate of drug-likeness (QED) is 0.506.